The summed E-state index contributed by atoms with van der Waals surface area (Å²) in [6.45, 7) is 13.5. The molecule has 0 unspecified atom stereocenters. The van der Waals surface area contributed by atoms with E-state index >= 15 is 0 Å². The van der Waals surface area contributed by atoms with Crippen molar-refractivity contribution in [2.24, 2.45) is 0 Å². The van der Waals surface area contributed by atoms with Crippen molar-refractivity contribution in [1.29, 1.82) is 0 Å². The summed E-state index contributed by atoms with van der Waals surface area (Å²) in [6.07, 6.45) is 3.06. The second kappa shape index (κ2) is 21.7. The van der Waals surface area contributed by atoms with Gasteiger partial charge in [0.05, 0.1) is 0 Å². The average molecular weight is 784 g/mol. The Labute approximate surface area is 317 Å². The van der Waals surface area contributed by atoms with Crippen molar-refractivity contribution in [3.63, 3.8) is 0 Å². The van der Waals surface area contributed by atoms with Crippen LogP contribution in [0, 0.1) is 0 Å². The predicted molar refractivity (Wildman–Crippen MR) is 213 cm³/mol. The minimum atomic E-state index is -0.826. The van der Waals surface area contributed by atoms with E-state index in [2.05, 4.69) is 161 Å². The predicted octanol–water partition coefficient (Wildman–Crippen LogP) is 11.2. The van der Waals surface area contributed by atoms with Gasteiger partial charge in [-0.15, -0.1) is 69.1 Å². The van der Waals surface area contributed by atoms with E-state index in [1.54, 1.807) is 0 Å². The SMILES string of the molecule is CCc1ccccc1-c1cccc2[cH-]c(C(C)C)cc12.CCc1ccccc1-c1cccc2[cH-]c(C(C)C)cc12.O=CN[B]NC=O.[Cl][Zr+2][Cl]. The van der Waals surface area contributed by atoms with Gasteiger partial charge in [-0.05, 0) is 46.9 Å². The minimum absolute atomic E-state index is 0.455. The molecule has 6 aromatic rings. The van der Waals surface area contributed by atoms with Crippen LogP contribution in [0.1, 0.15) is 75.6 Å². The number of fused-ring (bicyclic) bond motifs is 2. The Hall–Kier alpha value is -3.43. The summed E-state index contributed by atoms with van der Waals surface area (Å²) in [5.41, 5.74) is 11.2. The van der Waals surface area contributed by atoms with Gasteiger partial charge in [-0.2, -0.15) is 12.1 Å². The standard InChI is InChI=1S/2C20H21.C2H4BN2O2.2ClH.Zr/c2*1-4-15-8-5-6-10-18(15)19-11-7-9-16-12-17(14(2)3)13-20(16)19;6-1-4-3-5-2-7;;;/h2*5-14H,4H2,1-3H3;1-2H,(H,4,6)(H,5,7);2*1H;/q2*-1;;;;+4/p-2. The van der Waals surface area contributed by atoms with E-state index in [1.807, 2.05) is 0 Å². The molecule has 6 aromatic carbocycles. The molecule has 1 radical (unpaired) electrons. The molecule has 0 bridgehead atoms. The Morgan fingerprint density at radius 3 is 1.32 bits per heavy atom. The van der Waals surface area contributed by atoms with Gasteiger partial charge in [0.1, 0.15) is 0 Å². The van der Waals surface area contributed by atoms with E-state index in [4.69, 9.17) is 17.0 Å². The van der Waals surface area contributed by atoms with Crippen molar-refractivity contribution >= 4 is 58.9 Å². The summed E-state index contributed by atoms with van der Waals surface area (Å²) in [4.78, 5) is 18.8. The number of aryl methyl sites for hydroxylation is 2. The third kappa shape index (κ3) is 11.3. The number of amides is 2. The molecule has 2 N–H and O–H groups in total. The summed E-state index contributed by atoms with van der Waals surface area (Å²) in [5, 5.41) is 9.69. The fraction of sp³-hybridized carbons (Fsp3) is 0.238. The topological polar surface area (TPSA) is 58.2 Å². The van der Waals surface area contributed by atoms with Gasteiger partial charge in [0.2, 0.25) is 0 Å². The second-order valence-corrected chi connectivity index (χ2v) is 16.0. The Balaban J connectivity index is 0.000000214. The van der Waals surface area contributed by atoms with Gasteiger partial charge in [0, 0.05) is 0 Å². The summed E-state index contributed by atoms with van der Waals surface area (Å²) in [5.74, 6) is 1.16. The van der Waals surface area contributed by atoms with Crippen LogP contribution in [0.5, 0.6) is 0 Å². The van der Waals surface area contributed by atoms with Crippen LogP contribution in [-0.2, 0) is 43.3 Å². The molecular formula is C42H46BCl2N2O2Zr. The second-order valence-electron chi connectivity index (χ2n) is 12.3. The van der Waals surface area contributed by atoms with Gasteiger partial charge in [-0.3, -0.25) is 9.59 Å². The molecule has 257 valence electrons. The van der Waals surface area contributed by atoms with E-state index < -0.39 is 20.8 Å². The van der Waals surface area contributed by atoms with Crippen LogP contribution >= 0.6 is 17.0 Å². The third-order valence-electron chi connectivity index (χ3n) is 8.56. The molecule has 0 atom stereocenters. The van der Waals surface area contributed by atoms with Crippen LogP contribution in [0.2, 0.25) is 0 Å². The first kappa shape index (κ1) is 41.0. The zero-order valence-electron chi connectivity index (χ0n) is 29.8. The van der Waals surface area contributed by atoms with Crippen molar-refractivity contribution < 1.29 is 30.4 Å². The first-order chi connectivity index (χ1) is 24.2. The Morgan fingerprint density at radius 1 is 0.620 bits per heavy atom. The summed E-state index contributed by atoms with van der Waals surface area (Å²) in [7, 11) is 11.0. The Morgan fingerprint density at radius 2 is 0.980 bits per heavy atom. The number of carbonyl (C=O) groups is 2. The van der Waals surface area contributed by atoms with Gasteiger partial charge >= 0.3 is 45.4 Å². The van der Waals surface area contributed by atoms with Gasteiger partial charge < -0.3 is 10.5 Å². The van der Waals surface area contributed by atoms with E-state index in [-0.39, 0.29) is 0 Å². The van der Waals surface area contributed by atoms with Crippen LogP contribution in [0.4, 0.5) is 0 Å². The van der Waals surface area contributed by atoms with Gasteiger partial charge in [-0.25, -0.2) is 0 Å². The first-order valence-corrected chi connectivity index (χ1v) is 23.3. The number of halogens is 2. The third-order valence-corrected chi connectivity index (χ3v) is 8.56. The van der Waals surface area contributed by atoms with Gasteiger partial charge in [0.15, 0.2) is 12.8 Å². The molecule has 0 saturated carbocycles. The first-order valence-electron chi connectivity index (χ1n) is 17.0. The van der Waals surface area contributed by atoms with Crippen molar-refractivity contribution in [3.05, 3.63) is 131 Å². The molecule has 0 aliphatic carbocycles. The van der Waals surface area contributed by atoms with Crippen LogP contribution in [-0.4, -0.2) is 20.4 Å². The monoisotopic (exact) mass is 781 g/mol. The van der Waals surface area contributed by atoms with Crippen LogP contribution < -0.4 is 10.5 Å². The molecule has 0 heterocycles. The van der Waals surface area contributed by atoms with E-state index in [1.165, 1.54) is 66.1 Å². The van der Waals surface area contributed by atoms with Crippen molar-refractivity contribution in [2.75, 3.05) is 0 Å². The maximum absolute atomic E-state index is 9.38. The number of nitrogens with one attached hydrogen (secondary N) is 2. The Bertz CT molecular complexity index is 1790. The molecular weight excluding hydrogens is 737 g/mol. The molecule has 8 heteroatoms. The maximum atomic E-state index is 9.38. The summed E-state index contributed by atoms with van der Waals surface area (Å²) >= 11 is -0.826. The van der Waals surface area contributed by atoms with E-state index in [9.17, 15) is 9.59 Å². The molecule has 2 amide bonds. The molecule has 6 rings (SSSR count). The summed E-state index contributed by atoms with van der Waals surface area (Å²) in [6, 6.07) is 40.2. The summed E-state index contributed by atoms with van der Waals surface area (Å²) < 4.78 is 0. The number of hydrogen-bond donors (Lipinski definition) is 2. The Kier molecular flexibility index (Phi) is 17.8. The molecule has 0 aliphatic heterocycles. The molecule has 0 fully saturated rings. The number of carbonyl (C=O) groups excluding carboxylic acids is 2. The van der Waals surface area contributed by atoms with Crippen LogP contribution in [0.3, 0.4) is 0 Å². The molecule has 0 aromatic heterocycles. The fourth-order valence-electron chi connectivity index (χ4n) is 5.95. The molecule has 50 heavy (non-hydrogen) atoms. The quantitative estimate of drug-likeness (QED) is 0.0629. The van der Waals surface area contributed by atoms with Crippen molar-refractivity contribution in [1.82, 2.24) is 10.5 Å². The number of rotatable bonds is 10. The number of benzene rings is 4. The molecule has 4 nitrogen and oxygen atoms in total. The zero-order valence-corrected chi connectivity index (χ0v) is 33.7. The zero-order chi connectivity index (χ0) is 36.5. The van der Waals surface area contributed by atoms with Crippen molar-refractivity contribution in [3.8, 4) is 22.3 Å². The van der Waals surface area contributed by atoms with Gasteiger partial charge in [-0.1, -0.05) is 113 Å². The van der Waals surface area contributed by atoms with E-state index in [0.717, 1.165) is 20.4 Å². The molecule has 0 spiro atoms. The fourth-order valence-corrected chi connectivity index (χ4v) is 5.95. The number of hydrogen-bond acceptors (Lipinski definition) is 2. The van der Waals surface area contributed by atoms with Crippen LogP contribution in [0.25, 0.3) is 43.8 Å². The molecule has 0 saturated heterocycles. The average Bonchev–Trinajstić information content (AvgIpc) is 3.79. The normalized spacial score (nSPS) is 10.2. The van der Waals surface area contributed by atoms with E-state index in [0.29, 0.717) is 24.7 Å². The van der Waals surface area contributed by atoms with Gasteiger partial charge in [0.25, 0.3) is 0 Å². The molecule has 0 aliphatic rings. The van der Waals surface area contributed by atoms with Crippen LogP contribution in [0.15, 0.2) is 109 Å². The van der Waals surface area contributed by atoms with Crippen molar-refractivity contribution in [2.45, 2.75) is 66.2 Å².